The summed E-state index contributed by atoms with van der Waals surface area (Å²) in [7, 11) is 1.92. The number of anilines is 1. The summed E-state index contributed by atoms with van der Waals surface area (Å²) in [6.07, 6.45) is 9.45. The van der Waals surface area contributed by atoms with Gasteiger partial charge in [-0.05, 0) is 24.6 Å². The SMILES string of the molecule is C=C/C=C(\C=C/C)/C=N/N(C)c1ccccc1. The van der Waals surface area contributed by atoms with Crippen LogP contribution < -0.4 is 5.01 Å². The van der Waals surface area contributed by atoms with Crippen molar-refractivity contribution in [3.8, 4) is 0 Å². The normalized spacial score (nSPS) is 12.2. The van der Waals surface area contributed by atoms with Crippen LogP contribution in [0.25, 0.3) is 0 Å². The molecule has 1 aromatic rings. The van der Waals surface area contributed by atoms with Gasteiger partial charge in [-0.1, -0.05) is 49.1 Å². The number of para-hydroxylation sites is 1. The maximum Gasteiger partial charge on any atom is 0.0590 e. The molecule has 0 N–H and O–H groups in total. The number of benzene rings is 1. The van der Waals surface area contributed by atoms with Gasteiger partial charge in [-0.15, -0.1) is 0 Å². The lowest BCUT2D eigenvalue weighted by Gasteiger charge is -2.12. The number of hydrogen-bond donors (Lipinski definition) is 0. The molecule has 1 aromatic carbocycles. The fourth-order valence-corrected chi connectivity index (χ4v) is 1.33. The van der Waals surface area contributed by atoms with Gasteiger partial charge in [0.25, 0.3) is 0 Å². The molecule has 0 atom stereocenters. The number of rotatable bonds is 5. The lowest BCUT2D eigenvalue weighted by Crippen LogP contribution is -2.08. The van der Waals surface area contributed by atoms with Crippen LogP contribution in [0.15, 0.2) is 71.9 Å². The van der Waals surface area contributed by atoms with Gasteiger partial charge in [0.15, 0.2) is 0 Å². The molecule has 2 heteroatoms. The number of hydrazone groups is 1. The molecule has 0 heterocycles. The van der Waals surface area contributed by atoms with Crippen LogP contribution in [0.1, 0.15) is 6.92 Å². The molecule has 0 aliphatic heterocycles. The summed E-state index contributed by atoms with van der Waals surface area (Å²) in [5, 5.41) is 6.21. The van der Waals surface area contributed by atoms with Crippen LogP contribution in [0.2, 0.25) is 0 Å². The molecule has 0 aliphatic rings. The Balaban J connectivity index is 2.76. The van der Waals surface area contributed by atoms with E-state index in [1.54, 1.807) is 6.08 Å². The smallest absolute Gasteiger partial charge is 0.0590 e. The molecule has 0 saturated carbocycles. The van der Waals surface area contributed by atoms with E-state index in [-0.39, 0.29) is 0 Å². The Morgan fingerprint density at radius 2 is 2.00 bits per heavy atom. The summed E-state index contributed by atoms with van der Waals surface area (Å²) in [6, 6.07) is 10.0. The van der Waals surface area contributed by atoms with Gasteiger partial charge in [-0.25, -0.2) is 0 Å². The summed E-state index contributed by atoms with van der Waals surface area (Å²) in [6.45, 7) is 5.66. The largest absolute Gasteiger partial charge is 0.269 e. The second kappa shape index (κ2) is 7.23. The van der Waals surface area contributed by atoms with E-state index in [0.29, 0.717) is 0 Å². The summed E-state index contributed by atoms with van der Waals surface area (Å²) >= 11 is 0. The van der Waals surface area contributed by atoms with E-state index in [9.17, 15) is 0 Å². The molecule has 0 spiro atoms. The fourth-order valence-electron chi connectivity index (χ4n) is 1.33. The molecule has 0 saturated heterocycles. The number of nitrogens with zero attached hydrogens (tertiary/aromatic N) is 2. The van der Waals surface area contributed by atoms with Crippen LogP contribution in [0.3, 0.4) is 0 Å². The van der Waals surface area contributed by atoms with Crippen molar-refractivity contribution < 1.29 is 0 Å². The van der Waals surface area contributed by atoms with Crippen molar-refractivity contribution in [1.82, 2.24) is 0 Å². The highest BCUT2D eigenvalue weighted by Crippen LogP contribution is 2.10. The second-order valence-electron chi connectivity index (χ2n) is 3.51. The molecule has 17 heavy (non-hydrogen) atoms. The molecule has 0 amide bonds. The van der Waals surface area contributed by atoms with Gasteiger partial charge in [-0.3, -0.25) is 5.01 Å². The molecular formula is C15H18N2. The van der Waals surface area contributed by atoms with E-state index in [2.05, 4.69) is 11.7 Å². The van der Waals surface area contributed by atoms with Crippen molar-refractivity contribution in [2.75, 3.05) is 12.1 Å². The second-order valence-corrected chi connectivity index (χ2v) is 3.51. The maximum atomic E-state index is 4.37. The molecule has 0 fully saturated rings. The van der Waals surface area contributed by atoms with Gasteiger partial charge >= 0.3 is 0 Å². The van der Waals surface area contributed by atoms with Gasteiger partial charge < -0.3 is 0 Å². The minimum Gasteiger partial charge on any atom is -0.269 e. The topological polar surface area (TPSA) is 15.6 Å². The maximum absolute atomic E-state index is 4.37. The quantitative estimate of drug-likeness (QED) is 0.423. The highest BCUT2D eigenvalue weighted by molar-refractivity contribution is 5.83. The van der Waals surface area contributed by atoms with Crippen molar-refractivity contribution in [2.24, 2.45) is 5.10 Å². The van der Waals surface area contributed by atoms with Crippen LogP contribution in [0.4, 0.5) is 5.69 Å². The fraction of sp³-hybridized carbons (Fsp3) is 0.133. The number of allylic oxidation sites excluding steroid dienone is 5. The molecule has 1 rings (SSSR count). The molecule has 0 bridgehead atoms. The Bertz CT molecular complexity index is 427. The van der Waals surface area contributed by atoms with Crippen LogP contribution in [-0.4, -0.2) is 13.3 Å². The van der Waals surface area contributed by atoms with Gasteiger partial charge in [0, 0.05) is 7.05 Å². The highest BCUT2D eigenvalue weighted by atomic mass is 15.4. The Morgan fingerprint density at radius 1 is 1.29 bits per heavy atom. The van der Waals surface area contributed by atoms with E-state index in [1.165, 1.54) is 0 Å². The predicted molar refractivity (Wildman–Crippen MR) is 76.4 cm³/mol. The zero-order valence-electron chi connectivity index (χ0n) is 10.4. The lowest BCUT2D eigenvalue weighted by molar-refractivity contribution is 1.02. The standard InChI is InChI=1S/C15H18N2/c1-4-9-14(10-5-2)13-16-17(3)15-11-7-6-8-12-15/h4-13H,1H2,2-3H3/b10-5-,14-9+,16-13+. The first kappa shape index (κ1) is 13.0. The number of hydrogen-bond acceptors (Lipinski definition) is 2. The highest BCUT2D eigenvalue weighted by Gasteiger charge is 1.94. The van der Waals surface area contributed by atoms with Crippen molar-refractivity contribution in [3.63, 3.8) is 0 Å². The Labute approximate surface area is 103 Å². The zero-order valence-corrected chi connectivity index (χ0v) is 10.4. The minimum absolute atomic E-state index is 1.02. The van der Waals surface area contributed by atoms with E-state index < -0.39 is 0 Å². The molecular weight excluding hydrogens is 208 g/mol. The van der Waals surface area contributed by atoms with Crippen LogP contribution in [0, 0.1) is 0 Å². The van der Waals surface area contributed by atoms with Crippen molar-refractivity contribution >= 4 is 11.9 Å². The molecule has 0 radical (unpaired) electrons. The first-order valence-electron chi connectivity index (χ1n) is 5.56. The van der Waals surface area contributed by atoms with Crippen LogP contribution in [-0.2, 0) is 0 Å². The van der Waals surface area contributed by atoms with Gasteiger partial charge in [0.05, 0.1) is 11.9 Å². The third kappa shape index (κ3) is 4.51. The lowest BCUT2D eigenvalue weighted by atomic mass is 10.2. The Hall–Kier alpha value is -2.09. The van der Waals surface area contributed by atoms with Crippen molar-refractivity contribution in [1.29, 1.82) is 0 Å². The predicted octanol–water partition coefficient (Wildman–Crippen LogP) is 3.80. The molecule has 0 unspecified atom stereocenters. The van der Waals surface area contributed by atoms with E-state index in [1.807, 2.05) is 73.8 Å². The summed E-state index contributed by atoms with van der Waals surface area (Å²) < 4.78 is 0. The van der Waals surface area contributed by atoms with E-state index in [0.717, 1.165) is 11.3 Å². The monoisotopic (exact) mass is 226 g/mol. The first-order chi connectivity index (χ1) is 8.27. The molecule has 0 aromatic heterocycles. The van der Waals surface area contributed by atoms with Crippen LogP contribution in [0.5, 0.6) is 0 Å². The van der Waals surface area contributed by atoms with Gasteiger partial charge in [0.1, 0.15) is 0 Å². The molecule has 88 valence electrons. The minimum atomic E-state index is 1.02. The molecule has 2 nitrogen and oxygen atoms in total. The van der Waals surface area contributed by atoms with Gasteiger partial charge in [-0.2, -0.15) is 5.10 Å². The van der Waals surface area contributed by atoms with E-state index in [4.69, 9.17) is 0 Å². The Morgan fingerprint density at radius 3 is 2.59 bits per heavy atom. The molecule has 0 aliphatic carbocycles. The zero-order chi connectivity index (χ0) is 12.5. The van der Waals surface area contributed by atoms with Crippen LogP contribution >= 0.6 is 0 Å². The average molecular weight is 226 g/mol. The van der Waals surface area contributed by atoms with Gasteiger partial charge in [0.2, 0.25) is 0 Å². The Kier molecular flexibility index (Phi) is 5.52. The summed E-state index contributed by atoms with van der Waals surface area (Å²) in [5.41, 5.74) is 2.08. The van der Waals surface area contributed by atoms with Crippen molar-refractivity contribution in [2.45, 2.75) is 6.92 Å². The summed E-state index contributed by atoms with van der Waals surface area (Å²) in [4.78, 5) is 0. The third-order valence-electron chi connectivity index (χ3n) is 2.18. The first-order valence-corrected chi connectivity index (χ1v) is 5.56. The average Bonchev–Trinajstić information content (AvgIpc) is 2.37. The summed E-state index contributed by atoms with van der Waals surface area (Å²) in [5.74, 6) is 0. The van der Waals surface area contributed by atoms with Crippen molar-refractivity contribution in [3.05, 3.63) is 66.8 Å². The third-order valence-corrected chi connectivity index (χ3v) is 2.18. The van der Waals surface area contributed by atoms with E-state index >= 15 is 0 Å².